The maximum absolute atomic E-state index is 6.59. The lowest BCUT2D eigenvalue weighted by Gasteiger charge is -2.27. The van der Waals surface area contributed by atoms with Crippen molar-refractivity contribution in [2.75, 3.05) is 13.1 Å². The number of hydrogen-bond acceptors (Lipinski definition) is 1. The predicted octanol–water partition coefficient (Wildman–Crippen LogP) is 1.93. The lowest BCUT2D eigenvalue weighted by Crippen LogP contribution is -2.38. The molecule has 0 rings (SSSR count). The third kappa shape index (κ3) is 4.80. The molecule has 2 nitrogen and oxygen atoms in total. The Labute approximate surface area is 69.8 Å². The number of hydrogen-bond donors (Lipinski definition) is 1. The summed E-state index contributed by atoms with van der Waals surface area (Å²) in [6.45, 7) is 16.7. The zero-order valence-corrected chi connectivity index (χ0v) is 7.94. The maximum Gasteiger partial charge on any atom is 0.226 e. The van der Waals surface area contributed by atoms with Gasteiger partial charge in [0.2, 0.25) is 6.54 Å². The first-order chi connectivity index (χ1) is 4.98. The van der Waals surface area contributed by atoms with Crippen LogP contribution in [0.1, 0.15) is 27.7 Å². The fraction of sp³-hybridized carbons (Fsp3) is 0.889. The average Bonchev–Trinajstić information content (AvgIpc) is 1.86. The highest BCUT2D eigenvalue weighted by Gasteiger charge is 2.18. The van der Waals surface area contributed by atoms with Gasteiger partial charge in [-0.1, -0.05) is 20.8 Å². The van der Waals surface area contributed by atoms with E-state index in [1.165, 1.54) is 0 Å². The molecule has 0 aromatic heterocycles. The standard InChI is InChI=1S/C9H18N2/c1-8(9(2,3)4)11-7-6-10-5/h8,11H,6-7H2,1-4H3/t8-/m0/s1. The zero-order valence-electron chi connectivity index (χ0n) is 7.94. The first kappa shape index (κ1) is 10.4. The molecule has 0 saturated carbocycles. The van der Waals surface area contributed by atoms with Crippen LogP contribution in [0.5, 0.6) is 0 Å². The van der Waals surface area contributed by atoms with Crippen LogP contribution in [0.25, 0.3) is 4.85 Å². The van der Waals surface area contributed by atoms with Gasteiger partial charge in [0, 0.05) is 6.04 Å². The van der Waals surface area contributed by atoms with Crippen LogP contribution in [-0.4, -0.2) is 19.1 Å². The number of rotatable bonds is 3. The normalized spacial score (nSPS) is 14.1. The molecule has 1 N–H and O–H groups in total. The minimum absolute atomic E-state index is 0.294. The summed E-state index contributed by atoms with van der Waals surface area (Å²) in [6, 6.07) is 0.476. The molecule has 11 heavy (non-hydrogen) atoms. The summed E-state index contributed by atoms with van der Waals surface area (Å²) in [5.74, 6) is 0. The van der Waals surface area contributed by atoms with Gasteiger partial charge in [-0.25, -0.2) is 6.57 Å². The van der Waals surface area contributed by atoms with Crippen LogP contribution >= 0.6 is 0 Å². The van der Waals surface area contributed by atoms with Crippen molar-refractivity contribution >= 4 is 0 Å². The van der Waals surface area contributed by atoms with E-state index < -0.39 is 0 Å². The van der Waals surface area contributed by atoms with Gasteiger partial charge in [-0.3, -0.25) is 0 Å². The van der Waals surface area contributed by atoms with Crippen molar-refractivity contribution < 1.29 is 0 Å². The minimum Gasteiger partial charge on any atom is -0.316 e. The van der Waals surface area contributed by atoms with E-state index in [9.17, 15) is 0 Å². The SMILES string of the molecule is [C-]#[N+]CCN[C@@H](C)C(C)(C)C. The van der Waals surface area contributed by atoms with Crippen LogP contribution in [0, 0.1) is 12.0 Å². The van der Waals surface area contributed by atoms with Crippen molar-refractivity contribution in [3.8, 4) is 0 Å². The van der Waals surface area contributed by atoms with Crippen molar-refractivity contribution in [1.29, 1.82) is 0 Å². The summed E-state index contributed by atoms with van der Waals surface area (Å²) in [5, 5.41) is 3.31. The van der Waals surface area contributed by atoms with Gasteiger partial charge in [0.05, 0.1) is 6.54 Å². The van der Waals surface area contributed by atoms with Gasteiger partial charge < -0.3 is 10.2 Å². The fourth-order valence-corrected chi connectivity index (χ4v) is 0.643. The van der Waals surface area contributed by atoms with Gasteiger partial charge in [0.25, 0.3) is 0 Å². The molecule has 0 saturated heterocycles. The highest BCUT2D eigenvalue weighted by Crippen LogP contribution is 2.17. The molecule has 0 radical (unpaired) electrons. The third-order valence-electron chi connectivity index (χ3n) is 1.97. The summed E-state index contributed by atoms with van der Waals surface area (Å²) >= 11 is 0. The second kappa shape index (κ2) is 4.35. The van der Waals surface area contributed by atoms with Gasteiger partial charge in [-0.05, 0) is 12.3 Å². The van der Waals surface area contributed by atoms with Crippen molar-refractivity contribution in [3.05, 3.63) is 11.4 Å². The second-order valence-electron chi connectivity index (χ2n) is 3.92. The first-order valence-corrected chi connectivity index (χ1v) is 4.05. The van der Waals surface area contributed by atoms with Crippen LogP contribution in [0.4, 0.5) is 0 Å². The molecular weight excluding hydrogens is 136 g/mol. The highest BCUT2D eigenvalue weighted by atomic mass is 14.9. The molecular formula is C9H18N2. The Kier molecular flexibility index (Phi) is 4.14. The van der Waals surface area contributed by atoms with Crippen LogP contribution in [-0.2, 0) is 0 Å². The first-order valence-electron chi connectivity index (χ1n) is 4.05. The van der Waals surface area contributed by atoms with E-state index in [4.69, 9.17) is 6.57 Å². The molecule has 2 heteroatoms. The molecule has 0 unspecified atom stereocenters. The van der Waals surface area contributed by atoms with E-state index in [2.05, 4.69) is 37.9 Å². The van der Waals surface area contributed by atoms with Gasteiger partial charge in [0.1, 0.15) is 0 Å². The molecule has 0 fully saturated rings. The Hall–Kier alpha value is -0.550. The van der Waals surface area contributed by atoms with Crippen molar-refractivity contribution in [1.82, 2.24) is 5.32 Å². The van der Waals surface area contributed by atoms with E-state index in [0.717, 1.165) is 6.54 Å². The van der Waals surface area contributed by atoms with Crippen molar-refractivity contribution in [2.45, 2.75) is 33.7 Å². The smallest absolute Gasteiger partial charge is 0.226 e. The fourth-order valence-electron chi connectivity index (χ4n) is 0.643. The quantitative estimate of drug-likeness (QED) is 0.485. The Morgan fingerprint density at radius 1 is 1.45 bits per heavy atom. The molecule has 1 atom stereocenters. The highest BCUT2D eigenvalue weighted by molar-refractivity contribution is 4.77. The van der Waals surface area contributed by atoms with Crippen molar-refractivity contribution in [2.24, 2.45) is 5.41 Å². The molecule has 0 aromatic carbocycles. The molecule has 0 heterocycles. The largest absolute Gasteiger partial charge is 0.316 e. The molecule has 0 aliphatic carbocycles. The van der Waals surface area contributed by atoms with Gasteiger partial charge >= 0.3 is 0 Å². The monoisotopic (exact) mass is 154 g/mol. The Morgan fingerprint density at radius 3 is 2.36 bits per heavy atom. The van der Waals surface area contributed by atoms with Gasteiger partial charge in [0.15, 0.2) is 0 Å². The van der Waals surface area contributed by atoms with Gasteiger partial charge in [-0.15, -0.1) is 0 Å². The van der Waals surface area contributed by atoms with Crippen LogP contribution in [0.15, 0.2) is 0 Å². The number of nitrogens with zero attached hydrogens (tertiary/aromatic N) is 1. The van der Waals surface area contributed by atoms with Crippen LogP contribution in [0.2, 0.25) is 0 Å². The molecule has 0 amide bonds. The van der Waals surface area contributed by atoms with E-state index in [1.54, 1.807) is 0 Å². The van der Waals surface area contributed by atoms with E-state index in [-0.39, 0.29) is 0 Å². The minimum atomic E-state index is 0.294. The third-order valence-corrected chi connectivity index (χ3v) is 1.97. The predicted molar refractivity (Wildman–Crippen MR) is 48.4 cm³/mol. The summed E-state index contributed by atoms with van der Waals surface area (Å²) < 4.78 is 0. The molecule has 0 bridgehead atoms. The van der Waals surface area contributed by atoms with Crippen LogP contribution in [0.3, 0.4) is 0 Å². The van der Waals surface area contributed by atoms with E-state index in [1.807, 2.05) is 0 Å². The van der Waals surface area contributed by atoms with Crippen molar-refractivity contribution in [3.63, 3.8) is 0 Å². The summed E-state index contributed by atoms with van der Waals surface area (Å²) in [5.41, 5.74) is 0.294. The topological polar surface area (TPSA) is 16.4 Å². The van der Waals surface area contributed by atoms with E-state index in [0.29, 0.717) is 18.0 Å². The Morgan fingerprint density at radius 2 is 2.00 bits per heavy atom. The lowest BCUT2D eigenvalue weighted by molar-refractivity contribution is 0.290. The Bertz CT molecular complexity index is 139. The van der Waals surface area contributed by atoms with Crippen LogP contribution < -0.4 is 5.32 Å². The maximum atomic E-state index is 6.59. The van der Waals surface area contributed by atoms with E-state index >= 15 is 0 Å². The lowest BCUT2D eigenvalue weighted by atomic mass is 9.88. The second-order valence-corrected chi connectivity index (χ2v) is 3.92. The Balaban J connectivity index is 3.55. The molecule has 0 aliphatic rings. The average molecular weight is 154 g/mol. The molecule has 64 valence electrons. The molecule has 0 spiro atoms. The summed E-state index contributed by atoms with van der Waals surface area (Å²) in [7, 11) is 0. The number of nitrogens with one attached hydrogen (secondary N) is 1. The summed E-state index contributed by atoms with van der Waals surface area (Å²) in [4.78, 5) is 3.28. The summed E-state index contributed by atoms with van der Waals surface area (Å²) in [6.07, 6.45) is 0. The molecule has 0 aromatic rings. The zero-order chi connectivity index (χ0) is 8.91. The van der Waals surface area contributed by atoms with Gasteiger partial charge in [-0.2, -0.15) is 0 Å². The molecule has 0 aliphatic heterocycles.